The molecule has 3 heterocycles. The lowest BCUT2D eigenvalue weighted by Gasteiger charge is -2.32. The quantitative estimate of drug-likeness (QED) is 0.269. The topological polar surface area (TPSA) is 7.94 Å². The van der Waals surface area contributed by atoms with Crippen molar-refractivity contribution in [2.24, 2.45) is 0 Å². The van der Waals surface area contributed by atoms with Crippen molar-refractivity contribution in [3.05, 3.63) is 72.7 Å². The highest BCUT2D eigenvalue weighted by Crippen LogP contribution is 2.46. The molecule has 2 aliphatic rings. The number of aromatic nitrogens is 1. The fourth-order valence-corrected chi connectivity index (χ4v) is 5.62. The average Bonchev–Trinajstić information content (AvgIpc) is 3.11. The first-order chi connectivity index (χ1) is 11.7. The van der Waals surface area contributed by atoms with E-state index in [4.69, 9.17) is 0 Å². The summed E-state index contributed by atoms with van der Waals surface area (Å²) in [7, 11) is 0. The van der Waals surface area contributed by atoms with Crippen LogP contribution in [0, 0.1) is 5.82 Å². The lowest BCUT2D eigenvalue weighted by atomic mass is 9.86. The Morgan fingerprint density at radius 2 is 1.68 bits per heavy atom. The predicted molar refractivity (Wildman–Crippen MR) is 107 cm³/mol. The van der Waals surface area contributed by atoms with Crippen molar-refractivity contribution in [3.8, 4) is 0 Å². The first kappa shape index (κ1) is 17.8. The second-order valence-electron chi connectivity index (χ2n) is 5.50. The van der Waals surface area contributed by atoms with Gasteiger partial charge in [0.1, 0.15) is 5.82 Å². The Kier molecular flexibility index (Phi) is 4.25. The second-order valence-corrected chi connectivity index (χ2v) is 8.78. The van der Waals surface area contributed by atoms with Crippen molar-refractivity contribution in [3.63, 3.8) is 0 Å². The fraction of sp³-hybridized carbons (Fsp3) is 0. The molecule has 2 aliphatic heterocycles. The van der Waals surface area contributed by atoms with E-state index in [1.807, 2.05) is 0 Å². The highest BCUT2D eigenvalue weighted by atomic mass is 79.9. The van der Waals surface area contributed by atoms with Crippen molar-refractivity contribution < 1.29 is 17.5 Å². The third kappa shape index (κ3) is 2.44. The summed E-state index contributed by atoms with van der Waals surface area (Å²) in [6, 6.07) is 6.03. The largest absolute Gasteiger partial charge is 0.738 e. The molecule has 0 amide bonds. The van der Waals surface area contributed by atoms with Crippen LogP contribution in [0.4, 0.5) is 13.0 Å². The number of halogens is 7. The van der Waals surface area contributed by atoms with Crippen molar-refractivity contribution in [1.29, 1.82) is 0 Å². The summed E-state index contributed by atoms with van der Waals surface area (Å²) in [4.78, 5) is 0. The summed E-state index contributed by atoms with van der Waals surface area (Å²) in [6.45, 7) is -4.10. The molecule has 2 nitrogen and oxygen atoms in total. The maximum Gasteiger partial charge on any atom is 0.738 e. The van der Waals surface area contributed by atoms with Gasteiger partial charge in [-0.25, -0.2) is 4.39 Å². The summed E-state index contributed by atoms with van der Waals surface area (Å²) < 4.78 is 47.7. The Labute approximate surface area is 174 Å². The molecular formula is C15H6BBr4F3N2. The average molecular weight is 602 g/mol. The van der Waals surface area contributed by atoms with Gasteiger partial charge in [-0.2, -0.15) is 0 Å². The smallest absolute Gasteiger partial charge is 0.389 e. The molecule has 0 saturated carbocycles. The van der Waals surface area contributed by atoms with E-state index in [-0.39, 0.29) is 13.7 Å². The van der Waals surface area contributed by atoms with Gasteiger partial charge in [0.25, 0.3) is 0 Å². The van der Waals surface area contributed by atoms with E-state index in [0.717, 1.165) is 8.96 Å². The van der Waals surface area contributed by atoms with Crippen LogP contribution in [0.3, 0.4) is 0 Å². The zero-order chi connectivity index (χ0) is 18.1. The SMILES string of the molecule is Fc1ccc(Br)c(C2=C3C=CC(Br)=[N+]3[B-](F)(F)n3c(Br)ccc32)c1Br. The van der Waals surface area contributed by atoms with Gasteiger partial charge in [0.2, 0.25) is 4.62 Å². The van der Waals surface area contributed by atoms with Crippen molar-refractivity contribution in [1.82, 2.24) is 4.48 Å². The maximum absolute atomic E-state index is 15.2. The Morgan fingerprint density at radius 3 is 2.40 bits per heavy atom. The van der Waals surface area contributed by atoms with Crippen molar-refractivity contribution in [2.45, 2.75) is 0 Å². The predicted octanol–water partition coefficient (Wildman–Crippen LogP) is 6.29. The molecule has 0 radical (unpaired) electrons. The number of rotatable bonds is 1. The van der Waals surface area contributed by atoms with Gasteiger partial charge in [0, 0.05) is 43.8 Å². The second kappa shape index (κ2) is 5.97. The van der Waals surface area contributed by atoms with Gasteiger partial charge < -0.3 is 17.6 Å². The number of hydrogen-bond acceptors (Lipinski definition) is 0. The van der Waals surface area contributed by atoms with Crippen LogP contribution in [0.25, 0.3) is 5.57 Å². The Morgan fingerprint density at radius 1 is 0.960 bits per heavy atom. The third-order valence-electron chi connectivity index (χ3n) is 4.16. The first-order valence-corrected chi connectivity index (χ1v) is 10.2. The highest BCUT2D eigenvalue weighted by molar-refractivity contribution is 9.18. The monoisotopic (exact) mass is 598 g/mol. The summed E-state index contributed by atoms with van der Waals surface area (Å²) in [6.07, 6.45) is 3.16. The van der Waals surface area contributed by atoms with E-state index in [9.17, 15) is 4.39 Å². The molecule has 128 valence electrons. The molecule has 0 aliphatic carbocycles. The van der Waals surface area contributed by atoms with E-state index in [1.165, 1.54) is 6.07 Å². The molecule has 1 aromatic carbocycles. The van der Waals surface area contributed by atoms with Gasteiger partial charge in [0.05, 0.1) is 14.6 Å². The summed E-state index contributed by atoms with van der Waals surface area (Å²) >= 11 is 13.1. The molecule has 0 atom stereocenters. The molecule has 1 aromatic heterocycles. The van der Waals surface area contributed by atoms with Crippen LogP contribution in [-0.2, 0) is 0 Å². The number of benzene rings is 1. The standard InChI is InChI=1S/C15H6BBr4F3N2/c17-7-1-2-8(21)15(20)13(7)14-9-3-5-11(18)24(9)16(22,23)25-10(14)4-6-12(25)19/h1-6H. The van der Waals surface area contributed by atoms with E-state index < -0.39 is 12.8 Å². The molecule has 10 heteroatoms. The van der Waals surface area contributed by atoms with Gasteiger partial charge in [-0.15, -0.1) is 0 Å². The van der Waals surface area contributed by atoms with E-state index >= 15 is 8.63 Å². The molecule has 2 aromatic rings. The highest BCUT2D eigenvalue weighted by Gasteiger charge is 2.54. The van der Waals surface area contributed by atoms with Gasteiger partial charge in [-0.05, 0) is 56.1 Å². The summed E-state index contributed by atoms with van der Waals surface area (Å²) in [5, 5.41) is 0. The van der Waals surface area contributed by atoms with Crippen LogP contribution in [0.1, 0.15) is 11.3 Å². The number of fused-ring (bicyclic) bond motifs is 2. The molecule has 0 fully saturated rings. The van der Waals surface area contributed by atoms with Gasteiger partial charge in [-0.3, -0.25) is 0 Å². The number of allylic oxidation sites excluding steroid dienone is 2. The fourth-order valence-electron chi connectivity index (χ4n) is 3.14. The minimum absolute atomic E-state index is 0.210. The summed E-state index contributed by atoms with van der Waals surface area (Å²) in [5.74, 6) is -0.470. The molecule has 4 rings (SSSR count). The first-order valence-electron chi connectivity index (χ1n) is 7.02. The molecule has 25 heavy (non-hydrogen) atoms. The summed E-state index contributed by atoms with van der Waals surface area (Å²) in [5.41, 5.74) is 1.59. The Bertz CT molecular complexity index is 1040. The lowest BCUT2D eigenvalue weighted by molar-refractivity contribution is -0.358. The number of nitrogens with zero attached hydrogens (tertiary/aromatic N) is 2. The van der Waals surface area contributed by atoms with Gasteiger partial charge >= 0.3 is 6.97 Å². The zero-order valence-electron chi connectivity index (χ0n) is 12.1. The molecule has 0 unspecified atom stereocenters. The van der Waals surface area contributed by atoms with Crippen LogP contribution < -0.4 is 0 Å². The van der Waals surface area contributed by atoms with Crippen molar-refractivity contribution in [2.75, 3.05) is 0 Å². The minimum atomic E-state index is -4.10. The maximum atomic E-state index is 15.2. The molecule has 0 bridgehead atoms. The molecule has 0 N–H and O–H groups in total. The van der Waals surface area contributed by atoms with Crippen LogP contribution in [-0.4, -0.2) is 20.6 Å². The lowest BCUT2D eigenvalue weighted by Crippen LogP contribution is -2.50. The third-order valence-corrected chi connectivity index (χ3v) is 6.89. The minimum Gasteiger partial charge on any atom is -0.389 e. The van der Waals surface area contributed by atoms with E-state index in [0.29, 0.717) is 27.0 Å². The Hall–Kier alpha value is -0.575. The molecule has 0 spiro atoms. The van der Waals surface area contributed by atoms with Crippen LogP contribution >= 0.6 is 63.7 Å². The molecule has 0 saturated heterocycles. The van der Waals surface area contributed by atoms with E-state index in [1.54, 1.807) is 30.4 Å². The van der Waals surface area contributed by atoms with E-state index in [2.05, 4.69) is 63.7 Å². The normalized spacial score (nSPS) is 18.0. The van der Waals surface area contributed by atoms with Crippen LogP contribution in [0.15, 0.2) is 55.7 Å². The molecular weight excluding hydrogens is 596 g/mol. The van der Waals surface area contributed by atoms with Gasteiger partial charge in [0.15, 0.2) is 5.70 Å². The van der Waals surface area contributed by atoms with Crippen LogP contribution in [0.2, 0.25) is 0 Å². The van der Waals surface area contributed by atoms with Gasteiger partial charge in [-0.1, -0.05) is 15.9 Å². The van der Waals surface area contributed by atoms with Crippen molar-refractivity contribution >= 4 is 80.9 Å². The van der Waals surface area contributed by atoms with Crippen LogP contribution in [0.5, 0.6) is 0 Å². The Balaban J connectivity index is 2.18. The zero-order valence-corrected chi connectivity index (χ0v) is 18.4. The number of hydrogen-bond donors (Lipinski definition) is 0.